The molecule has 0 saturated carbocycles. The van der Waals surface area contributed by atoms with Crippen LogP contribution in [0.3, 0.4) is 0 Å². The largest absolute Gasteiger partial charge is 0.488 e. The van der Waals surface area contributed by atoms with Gasteiger partial charge >= 0.3 is 0 Å². The maximum atomic E-state index is 11.0. The van der Waals surface area contributed by atoms with Crippen LogP contribution in [0.5, 0.6) is 11.5 Å². The number of aldehydes is 1. The molecule has 4 aromatic carbocycles. The molecule has 0 aliphatic carbocycles. The quantitative estimate of drug-likeness (QED) is 0.0526. The van der Waals surface area contributed by atoms with Gasteiger partial charge in [-0.05, 0) is 120 Å². The zero-order valence-corrected chi connectivity index (χ0v) is 46.1. The van der Waals surface area contributed by atoms with E-state index >= 15 is 0 Å². The van der Waals surface area contributed by atoms with Gasteiger partial charge in [-0.2, -0.15) is 0 Å². The average molecular weight is 988 g/mol. The number of anilines is 2. The maximum absolute atomic E-state index is 11.0. The van der Waals surface area contributed by atoms with Gasteiger partial charge in [0.15, 0.2) is 22.9 Å². The van der Waals surface area contributed by atoms with Gasteiger partial charge in [0.05, 0.1) is 18.1 Å². The molecule has 6 rings (SSSR count). The fourth-order valence-corrected chi connectivity index (χ4v) is 9.75. The van der Waals surface area contributed by atoms with Crippen LogP contribution in [0.2, 0.25) is 36.3 Å². The van der Waals surface area contributed by atoms with Crippen LogP contribution in [-0.2, 0) is 22.1 Å². The Morgan fingerprint density at radius 2 is 0.971 bits per heavy atom. The molecular formula is C57H74N2O5S2Si2. The van der Waals surface area contributed by atoms with Gasteiger partial charge in [0.2, 0.25) is 0 Å². The Bertz CT molecular complexity index is 2510. The number of likely N-dealkylation sites (N-methyl/N-ethyl adjacent to an activating group) is 2. The Morgan fingerprint density at radius 1 is 0.529 bits per heavy atom. The van der Waals surface area contributed by atoms with E-state index in [4.69, 9.17) is 18.3 Å². The summed E-state index contributed by atoms with van der Waals surface area (Å²) >= 11 is 3.21. The first-order valence-electron chi connectivity index (χ1n) is 23.5. The van der Waals surface area contributed by atoms with Crippen molar-refractivity contribution in [1.29, 1.82) is 0 Å². The predicted molar refractivity (Wildman–Crippen MR) is 299 cm³/mol. The van der Waals surface area contributed by atoms with Crippen molar-refractivity contribution in [3.63, 3.8) is 0 Å². The van der Waals surface area contributed by atoms with Gasteiger partial charge in [0.25, 0.3) is 0 Å². The van der Waals surface area contributed by atoms with Crippen molar-refractivity contribution in [2.75, 3.05) is 50.2 Å². The lowest BCUT2D eigenvalue weighted by Gasteiger charge is -2.36. The highest BCUT2D eigenvalue weighted by atomic mass is 32.1. The molecule has 0 spiro atoms. The number of carbonyl (C=O) groups is 1. The second-order valence-corrected chi connectivity index (χ2v) is 31.8. The van der Waals surface area contributed by atoms with Gasteiger partial charge in [-0.25, -0.2) is 0 Å². The monoisotopic (exact) mass is 986 g/mol. The van der Waals surface area contributed by atoms with Crippen molar-refractivity contribution >= 4 is 81.3 Å². The van der Waals surface area contributed by atoms with Gasteiger partial charge in [-0.1, -0.05) is 108 Å². The summed E-state index contributed by atoms with van der Waals surface area (Å²) in [7, 11) is 0.701. The summed E-state index contributed by atoms with van der Waals surface area (Å²) in [6.07, 6.45) is 9.24. The second kappa shape index (κ2) is 25.0. The van der Waals surface area contributed by atoms with Crippen LogP contribution in [0.4, 0.5) is 11.4 Å². The Hall–Kier alpha value is -5.02. The van der Waals surface area contributed by atoms with E-state index in [9.17, 15) is 4.79 Å². The number of nitrogens with zero attached hydrogens (tertiary/aromatic N) is 2. The third kappa shape index (κ3) is 16.6. The lowest BCUT2D eigenvalue weighted by molar-refractivity contribution is 0.112. The van der Waals surface area contributed by atoms with E-state index in [1.54, 1.807) is 11.3 Å². The number of hydrogen-bond donors (Lipinski definition) is 0. The normalized spacial score (nSPS) is 12.2. The number of thiophene rings is 2. The molecule has 6 aromatic rings. The Balaban J connectivity index is 0.000000255. The molecule has 2 heterocycles. The molecule has 0 atom stereocenters. The van der Waals surface area contributed by atoms with Gasteiger partial charge < -0.3 is 28.1 Å². The zero-order chi connectivity index (χ0) is 49.4. The first-order valence-corrected chi connectivity index (χ1v) is 31.0. The standard InChI is InChI=1S/C29H37NO3SSi.C28H37NO2SSi/c1-29(2,3)35(5,6)33-19-18-30(4)25-14-12-24(13-15-26-16-17-27(21-31)34-26)28(20-25)32-22-23-10-8-7-9-11-23;1-28(2,3)33(5,6)31-19-18-29(4)25-16-14-24(15-17-26-13-10-20-32-26)27(21-25)30-22-23-11-8-7-9-12-23/h7-17,20-21H,18-19,22H2,1-6H3;7-17,20-21H,18-19,22H2,1-6H3/b15-13+;17-15+. The van der Waals surface area contributed by atoms with Crippen LogP contribution in [0.1, 0.15) is 83.2 Å². The Morgan fingerprint density at radius 3 is 1.37 bits per heavy atom. The maximum Gasteiger partial charge on any atom is 0.192 e. The minimum Gasteiger partial charge on any atom is -0.488 e. The van der Waals surface area contributed by atoms with Crippen LogP contribution < -0.4 is 19.3 Å². The molecule has 0 fully saturated rings. The minimum absolute atomic E-state index is 0.201. The molecule has 0 saturated heterocycles. The zero-order valence-electron chi connectivity index (χ0n) is 42.5. The summed E-state index contributed by atoms with van der Waals surface area (Å²) in [5.41, 5.74) is 6.57. The van der Waals surface area contributed by atoms with Crippen LogP contribution in [0.15, 0.2) is 127 Å². The Labute approximate surface area is 418 Å². The van der Waals surface area contributed by atoms with Crippen LogP contribution >= 0.6 is 22.7 Å². The first kappa shape index (κ1) is 53.9. The second-order valence-electron chi connectivity index (χ2n) is 20.1. The number of benzene rings is 4. The molecule has 0 bridgehead atoms. The third-order valence-corrected chi connectivity index (χ3v) is 23.8. The fourth-order valence-electron chi connectivity index (χ4n) is 6.33. The summed E-state index contributed by atoms with van der Waals surface area (Å²) in [6.45, 7) is 26.9. The molecule has 0 amide bonds. The topological polar surface area (TPSA) is 60.5 Å². The molecular weight excluding hydrogens is 913 g/mol. The minimum atomic E-state index is -1.77. The van der Waals surface area contributed by atoms with Gasteiger partial charge in [-0.15, -0.1) is 22.7 Å². The van der Waals surface area contributed by atoms with E-state index in [0.29, 0.717) is 19.8 Å². The van der Waals surface area contributed by atoms with Crippen LogP contribution in [-0.4, -0.2) is 63.3 Å². The number of ether oxygens (including phenoxy) is 2. The average Bonchev–Trinajstić information content (AvgIpc) is 4.02. The molecule has 362 valence electrons. The molecule has 0 radical (unpaired) electrons. The number of carbonyl (C=O) groups excluding carboxylic acids is 1. The van der Waals surface area contributed by atoms with Gasteiger partial charge in [-0.3, -0.25) is 4.79 Å². The summed E-state index contributed by atoms with van der Waals surface area (Å²) in [5, 5.41) is 2.52. The third-order valence-electron chi connectivity index (χ3n) is 12.9. The molecule has 0 unspecified atom stereocenters. The molecule has 7 nitrogen and oxygen atoms in total. The molecule has 0 N–H and O–H groups in total. The van der Waals surface area contributed by atoms with Crippen LogP contribution in [0, 0.1) is 0 Å². The summed E-state index contributed by atoms with van der Waals surface area (Å²) in [6, 6.07) is 41.2. The van der Waals surface area contributed by atoms with Crippen molar-refractivity contribution in [3.05, 3.63) is 164 Å². The Kier molecular flexibility index (Phi) is 19.8. The SMILES string of the molecule is CN(CCO[Si](C)(C)C(C)(C)C)c1ccc(/C=C/c2ccc(C=O)s2)c(OCc2ccccc2)c1.CN(CCO[Si](C)(C)C(C)(C)C)c1ccc(/C=C/c2cccs2)c(OCc2ccccc2)c1. The molecule has 2 aromatic heterocycles. The highest BCUT2D eigenvalue weighted by molar-refractivity contribution is 7.14. The highest BCUT2D eigenvalue weighted by Gasteiger charge is 2.38. The van der Waals surface area contributed by atoms with Crippen LogP contribution in [0.25, 0.3) is 24.3 Å². The van der Waals surface area contributed by atoms with Crippen molar-refractivity contribution in [3.8, 4) is 11.5 Å². The predicted octanol–water partition coefficient (Wildman–Crippen LogP) is 15.7. The molecule has 11 heteroatoms. The lowest BCUT2D eigenvalue weighted by atomic mass is 10.1. The van der Waals surface area contributed by atoms with Gasteiger partial charge in [0.1, 0.15) is 24.7 Å². The van der Waals surface area contributed by atoms with Crippen molar-refractivity contribution in [2.24, 2.45) is 0 Å². The van der Waals surface area contributed by atoms with Crippen molar-refractivity contribution < 1.29 is 23.1 Å². The van der Waals surface area contributed by atoms with Crippen molar-refractivity contribution in [2.45, 2.75) is 91.0 Å². The first-order chi connectivity index (χ1) is 32.2. The number of hydrogen-bond acceptors (Lipinski definition) is 9. The van der Waals surface area contributed by atoms with Gasteiger partial charge in [0, 0.05) is 71.6 Å². The summed E-state index contributed by atoms with van der Waals surface area (Å²) in [5.74, 6) is 1.72. The van der Waals surface area contributed by atoms with E-state index in [0.717, 1.165) is 80.9 Å². The van der Waals surface area contributed by atoms with E-state index in [1.807, 2.05) is 60.7 Å². The fraction of sp³-hybridized carbons (Fsp3) is 0.351. The smallest absolute Gasteiger partial charge is 0.192 e. The van der Waals surface area contributed by atoms with E-state index in [-0.39, 0.29) is 10.1 Å². The molecule has 0 aliphatic rings. The van der Waals surface area contributed by atoms with E-state index < -0.39 is 16.6 Å². The molecule has 68 heavy (non-hydrogen) atoms. The lowest BCUT2D eigenvalue weighted by Crippen LogP contribution is -2.42. The van der Waals surface area contributed by atoms with E-state index in [1.165, 1.54) is 16.2 Å². The molecule has 0 aliphatic heterocycles. The summed E-state index contributed by atoms with van der Waals surface area (Å²) < 4.78 is 25.3. The highest BCUT2D eigenvalue weighted by Crippen LogP contribution is 2.38. The summed E-state index contributed by atoms with van der Waals surface area (Å²) in [4.78, 5) is 18.4. The number of rotatable bonds is 21. The van der Waals surface area contributed by atoms with Crippen molar-refractivity contribution in [1.82, 2.24) is 0 Å². The van der Waals surface area contributed by atoms with E-state index in [2.05, 4.69) is 182 Å².